The van der Waals surface area contributed by atoms with Gasteiger partial charge in [-0.15, -0.1) is 0 Å². The summed E-state index contributed by atoms with van der Waals surface area (Å²) in [5.74, 6) is -0.422. The van der Waals surface area contributed by atoms with Crippen molar-refractivity contribution in [1.29, 1.82) is 0 Å². The van der Waals surface area contributed by atoms with Gasteiger partial charge in [-0.25, -0.2) is 9.18 Å². The van der Waals surface area contributed by atoms with E-state index in [1.54, 1.807) is 29.3 Å². The molecule has 120 valence electrons. The molecule has 0 spiro atoms. The number of carbonyl (C=O) groups excluding carboxylic acids is 1. The van der Waals surface area contributed by atoms with Crippen molar-refractivity contribution in [2.24, 2.45) is 0 Å². The topological polar surface area (TPSA) is 48.5 Å². The maximum atomic E-state index is 13.6. The molecule has 1 aromatic heterocycles. The number of urea groups is 1. The number of hydrogen-bond acceptors (Lipinski definition) is 3. The Kier molecular flexibility index (Phi) is 4.83. The van der Waals surface area contributed by atoms with Crippen LogP contribution in [-0.2, 0) is 6.54 Å². The van der Waals surface area contributed by atoms with Crippen molar-refractivity contribution in [1.82, 2.24) is 14.8 Å². The Hall–Kier alpha value is -2.47. The molecule has 1 aliphatic rings. The van der Waals surface area contributed by atoms with Crippen LogP contribution in [0.25, 0.3) is 0 Å². The van der Waals surface area contributed by atoms with Gasteiger partial charge in [0, 0.05) is 38.9 Å². The fourth-order valence-electron chi connectivity index (χ4n) is 2.59. The third-order valence-corrected chi connectivity index (χ3v) is 3.89. The summed E-state index contributed by atoms with van der Waals surface area (Å²) in [6, 6.07) is 11.8. The minimum Gasteiger partial charge on any atom is -0.322 e. The molecule has 23 heavy (non-hydrogen) atoms. The van der Waals surface area contributed by atoms with E-state index in [0.29, 0.717) is 13.1 Å². The van der Waals surface area contributed by atoms with Gasteiger partial charge in [-0.1, -0.05) is 18.2 Å². The first kappa shape index (κ1) is 15.4. The Labute approximate surface area is 134 Å². The number of nitrogens with zero attached hydrogens (tertiary/aromatic N) is 3. The highest BCUT2D eigenvalue weighted by Crippen LogP contribution is 2.14. The van der Waals surface area contributed by atoms with Gasteiger partial charge in [0.2, 0.25) is 0 Å². The van der Waals surface area contributed by atoms with Crippen molar-refractivity contribution in [2.75, 3.05) is 31.5 Å². The molecule has 3 rings (SSSR count). The van der Waals surface area contributed by atoms with E-state index in [4.69, 9.17) is 0 Å². The third kappa shape index (κ3) is 4.04. The normalized spacial score (nSPS) is 15.4. The number of nitrogens with one attached hydrogen (secondary N) is 1. The molecular weight excluding hydrogens is 295 g/mol. The minimum absolute atomic E-state index is 0.216. The summed E-state index contributed by atoms with van der Waals surface area (Å²) in [6.45, 7) is 3.58. The van der Waals surface area contributed by atoms with Gasteiger partial charge in [0.15, 0.2) is 0 Å². The Bertz CT molecular complexity index is 657. The second kappa shape index (κ2) is 7.19. The van der Waals surface area contributed by atoms with Crippen molar-refractivity contribution in [3.63, 3.8) is 0 Å². The molecule has 6 heteroatoms. The first-order valence-electron chi connectivity index (χ1n) is 7.65. The smallest absolute Gasteiger partial charge is 0.322 e. The first-order chi connectivity index (χ1) is 11.2. The zero-order valence-electron chi connectivity index (χ0n) is 12.8. The summed E-state index contributed by atoms with van der Waals surface area (Å²) < 4.78 is 13.6. The molecule has 0 radical (unpaired) electrons. The molecule has 2 amide bonds. The summed E-state index contributed by atoms with van der Waals surface area (Å²) in [5, 5.41) is 2.63. The van der Waals surface area contributed by atoms with E-state index in [1.807, 2.05) is 18.2 Å². The fraction of sp³-hybridized carbons (Fsp3) is 0.294. The van der Waals surface area contributed by atoms with Gasteiger partial charge < -0.3 is 10.2 Å². The van der Waals surface area contributed by atoms with Crippen molar-refractivity contribution < 1.29 is 9.18 Å². The van der Waals surface area contributed by atoms with Crippen LogP contribution in [0.4, 0.5) is 14.9 Å². The molecule has 0 bridgehead atoms. The highest BCUT2D eigenvalue weighted by Gasteiger charge is 2.21. The second-order valence-electron chi connectivity index (χ2n) is 5.49. The number of halogens is 1. The standard InChI is InChI=1S/C17H19FN4O/c18-15-6-1-2-7-16(15)20-17(23)22-11-9-21(10-12-22)13-14-5-3-4-8-19-14/h1-8H,9-13H2,(H,20,23). The number of rotatable bonds is 3. The Balaban J connectivity index is 1.50. The second-order valence-corrected chi connectivity index (χ2v) is 5.49. The molecule has 0 aliphatic carbocycles. The van der Waals surface area contributed by atoms with Crippen LogP contribution in [0.5, 0.6) is 0 Å². The molecule has 0 saturated carbocycles. The van der Waals surface area contributed by atoms with Crippen LogP contribution >= 0.6 is 0 Å². The average Bonchev–Trinajstić information content (AvgIpc) is 2.58. The minimum atomic E-state index is -0.422. The molecule has 1 saturated heterocycles. The van der Waals surface area contributed by atoms with Gasteiger partial charge in [0.1, 0.15) is 5.82 Å². The molecule has 0 atom stereocenters. The number of pyridine rings is 1. The monoisotopic (exact) mass is 314 g/mol. The van der Waals surface area contributed by atoms with Crippen molar-refractivity contribution in [3.8, 4) is 0 Å². The summed E-state index contributed by atoms with van der Waals surface area (Å²) in [5.41, 5.74) is 1.24. The van der Waals surface area contributed by atoms with E-state index in [9.17, 15) is 9.18 Å². The summed E-state index contributed by atoms with van der Waals surface area (Å²) in [4.78, 5) is 20.5. The van der Waals surface area contributed by atoms with Crippen molar-refractivity contribution in [3.05, 3.63) is 60.2 Å². The largest absolute Gasteiger partial charge is 0.322 e. The van der Waals surface area contributed by atoms with Crippen molar-refractivity contribution in [2.45, 2.75) is 6.54 Å². The lowest BCUT2D eigenvalue weighted by atomic mass is 10.2. The SMILES string of the molecule is O=C(Nc1ccccc1F)N1CCN(Cc2ccccn2)CC1. The van der Waals surface area contributed by atoms with E-state index >= 15 is 0 Å². The lowest BCUT2D eigenvalue weighted by molar-refractivity contribution is 0.142. The van der Waals surface area contributed by atoms with Crippen LogP contribution in [-0.4, -0.2) is 47.0 Å². The van der Waals surface area contributed by atoms with Crippen LogP contribution in [0.2, 0.25) is 0 Å². The average molecular weight is 314 g/mol. The fourth-order valence-corrected chi connectivity index (χ4v) is 2.59. The predicted octanol–water partition coefficient (Wildman–Crippen LogP) is 2.57. The number of carbonyl (C=O) groups is 1. The van der Waals surface area contributed by atoms with Crippen LogP contribution in [0.15, 0.2) is 48.7 Å². The Morgan fingerprint density at radius 2 is 1.83 bits per heavy atom. The summed E-state index contributed by atoms with van der Waals surface area (Å²) >= 11 is 0. The van der Waals surface area contributed by atoms with Gasteiger partial charge in [-0.05, 0) is 24.3 Å². The van der Waals surface area contributed by atoms with Gasteiger partial charge >= 0.3 is 6.03 Å². The first-order valence-corrected chi connectivity index (χ1v) is 7.65. The highest BCUT2D eigenvalue weighted by molar-refractivity contribution is 5.89. The van der Waals surface area contributed by atoms with Crippen LogP contribution in [0.1, 0.15) is 5.69 Å². The number of amides is 2. The van der Waals surface area contributed by atoms with Gasteiger partial charge in [-0.3, -0.25) is 9.88 Å². The quantitative estimate of drug-likeness (QED) is 0.947. The lowest BCUT2D eigenvalue weighted by Crippen LogP contribution is -2.49. The van der Waals surface area contributed by atoms with Crippen LogP contribution in [0.3, 0.4) is 0 Å². The molecular formula is C17H19FN4O. The highest BCUT2D eigenvalue weighted by atomic mass is 19.1. The molecule has 1 fully saturated rings. The van der Waals surface area contributed by atoms with E-state index in [2.05, 4.69) is 15.2 Å². The van der Waals surface area contributed by atoms with Crippen molar-refractivity contribution >= 4 is 11.7 Å². The summed E-state index contributed by atoms with van der Waals surface area (Å²) in [6.07, 6.45) is 1.79. The number of aromatic nitrogens is 1. The van der Waals surface area contributed by atoms with Gasteiger partial charge in [0.25, 0.3) is 0 Å². The summed E-state index contributed by atoms with van der Waals surface area (Å²) in [7, 11) is 0. The van der Waals surface area contributed by atoms with E-state index in [-0.39, 0.29) is 11.7 Å². The van der Waals surface area contributed by atoms with Gasteiger partial charge in [-0.2, -0.15) is 0 Å². The zero-order chi connectivity index (χ0) is 16.1. The lowest BCUT2D eigenvalue weighted by Gasteiger charge is -2.34. The molecule has 2 aromatic rings. The van der Waals surface area contributed by atoms with E-state index in [0.717, 1.165) is 25.3 Å². The Morgan fingerprint density at radius 3 is 2.52 bits per heavy atom. The van der Waals surface area contributed by atoms with Gasteiger partial charge in [0.05, 0.1) is 11.4 Å². The number of para-hydroxylation sites is 1. The number of benzene rings is 1. The molecule has 1 aliphatic heterocycles. The molecule has 2 heterocycles. The molecule has 1 N–H and O–H groups in total. The third-order valence-electron chi connectivity index (χ3n) is 3.89. The van der Waals surface area contributed by atoms with E-state index in [1.165, 1.54) is 6.07 Å². The van der Waals surface area contributed by atoms with E-state index < -0.39 is 5.82 Å². The van der Waals surface area contributed by atoms with Crippen LogP contribution < -0.4 is 5.32 Å². The van der Waals surface area contributed by atoms with Crippen LogP contribution in [0, 0.1) is 5.82 Å². The molecule has 1 aromatic carbocycles. The maximum Gasteiger partial charge on any atom is 0.322 e. The predicted molar refractivity (Wildman–Crippen MR) is 86.5 cm³/mol. The number of piperazine rings is 1. The Morgan fingerprint density at radius 1 is 1.09 bits per heavy atom. The number of hydrogen-bond donors (Lipinski definition) is 1. The maximum absolute atomic E-state index is 13.6. The molecule has 0 unspecified atom stereocenters. The zero-order valence-corrected chi connectivity index (χ0v) is 12.8. The molecule has 5 nitrogen and oxygen atoms in total. The number of anilines is 1.